The lowest BCUT2D eigenvalue weighted by atomic mass is 10.1. The molecule has 98 valence electrons. The maximum atomic E-state index is 12.2. The van der Waals surface area contributed by atoms with Crippen LogP contribution < -0.4 is 14.8 Å². The Bertz CT molecular complexity index is 433. The van der Waals surface area contributed by atoms with Crippen LogP contribution in [0.3, 0.4) is 0 Å². The number of rotatable bonds is 6. The first-order chi connectivity index (χ1) is 8.62. The van der Waals surface area contributed by atoms with Gasteiger partial charge in [-0.05, 0) is 24.2 Å². The van der Waals surface area contributed by atoms with E-state index in [1.807, 2.05) is 13.0 Å². The van der Waals surface area contributed by atoms with Crippen LogP contribution in [0.25, 0.3) is 0 Å². The molecule has 0 radical (unpaired) electrons. The molecule has 0 aliphatic heterocycles. The summed E-state index contributed by atoms with van der Waals surface area (Å²) < 4.78 is 33.7. The first-order valence-corrected chi connectivity index (χ1v) is 5.38. The molecule has 0 aromatic heterocycles. The molecule has 4 nitrogen and oxygen atoms in total. The number of nitriles is 1. The highest BCUT2D eigenvalue weighted by Crippen LogP contribution is 2.31. The summed E-state index contributed by atoms with van der Waals surface area (Å²) in [6.45, 7) is -0.492. The lowest BCUT2D eigenvalue weighted by molar-refractivity contribution is -0.0512. The summed E-state index contributed by atoms with van der Waals surface area (Å²) in [5.41, 5.74) is 0.552. The number of nitrogens with one attached hydrogen (secondary N) is 1. The third-order valence-corrected chi connectivity index (χ3v) is 2.27. The van der Waals surface area contributed by atoms with Crippen molar-refractivity contribution in [2.24, 2.45) is 0 Å². The smallest absolute Gasteiger partial charge is 0.387 e. The zero-order valence-electron chi connectivity index (χ0n) is 10.1. The molecular formula is C12H14F2N2O2. The van der Waals surface area contributed by atoms with E-state index >= 15 is 0 Å². The summed E-state index contributed by atoms with van der Waals surface area (Å²) in [6.07, 6.45) is 0. The first kappa shape index (κ1) is 14.2. The van der Waals surface area contributed by atoms with Crippen LogP contribution in [-0.2, 0) is 0 Å². The van der Waals surface area contributed by atoms with Crippen molar-refractivity contribution in [3.8, 4) is 17.6 Å². The van der Waals surface area contributed by atoms with Crippen molar-refractivity contribution in [3.05, 3.63) is 23.8 Å². The van der Waals surface area contributed by atoms with Gasteiger partial charge in [-0.1, -0.05) is 13.0 Å². The molecule has 1 rings (SSSR count). The molecule has 0 saturated heterocycles. The van der Waals surface area contributed by atoms with Gasteiger partial charge in [-0.15, -0.1) is 0 Å². The van der Waals surface area contributed by atoms with Crippen LogP contribution in [0.5, 0.6) is 11.5 Å². The molecule has 1 aromatic carbocycles. The standard InChI is InChI=1S/C12H14F2N2O2/c1-3-16-9(7-15)8-4-5-10(17-2)11(6-8)18-12(13)14/h4-6,9,12,16H,3H2,1-2H3. The van der Waals surface area contributed by atoms with E-state index in [1.165, 1.54) is 19.2 Å². The van der Waals surface area contributed by atoms with Crippen molar-refractivity contribution in [3.63, 3.8) is 0 Å². The summed E-state index contributed by atoms with van der Waals surface area (Å²) in [5, 5.41) is 11.9. The maximum absolute atomic E-state index is 12.2. The molecule has 0 bridgehead atoms. The summed E-state index contributed by atoms with van der Waals surface area (Å²) in [5.74, 6) is 0.121. The highest BCUT2D eigenvalue weighted by Gasteiger charge is 2.15. The molecule has 1 unspecified atom stereocenters. The fraction of sp³-hybridized carbons (Fsp3) is 0.417. The topological polar surface area (TPSA) is 54.3 Å². The summed E-state index contributed by atoms with van der Waals surface area (Å²) in [6, 6.07) is 5.98. The fourth-order valence-corrected chi connectivity index (χ4v) is 1.50. The van der Waals surface area contributed by atoms with Gasteiger partial charge in [0.25, 0.3) is 0 Å². The summed E-state index contributed by atoms with van der Waals surface area (Å²) in [7, 11) is 1.36. The minimum absolute atomic E-state index is 0.0804. The molecule has 0 amide bonds. The molecule has 6 heteroatoms. The minimum atomic E-state index is -2.94. The Hall–Kier alpha value is -1.87. The van der Waals surface area contributed by atoms with Crippen molar-refractivity contribution in [1.29, 1.82) is 5.26 Å². The first-order valence-electron chi connectivity index (χ1n) is 5.38. The number of nitrogens with zero attached hydrogens (tertiary/aromatic N) is 1. The lowest BCUT2D eigenvalue weighted by Gasteiger charge is -2.14. The van der Waals surface area contributed by atoms with Gasteiger partial charge in [-0.2, -0.15) is 14.0 Å². The van der Waals surface area contributed by atoms with Crippen molar-refractivity contribution >= 4 is 0 Å². The number of hydrogen-bond acceptors (Lipinski definition) is 4. The van der Waals surface area contributed by atoms with Crippen LogP contribution in [0, 0.1) is 11.3 Å². The number of alkyl halides is 2. The monoisotopic (exact) mass is 256 g/mol. The molecule has 1 N–H and O–H groups in total. The number of benzene rings is 1. The van der Waals surface area contributed by atoms with Crippen molar-refractivity contribution < 1.29 is 18.3 Å². The van der Waals surface area contributed by atoms with Crippen LogP contribution >= 0.6 is 0 Å². The third kappa shape index (κ3) is 3.57. The largest absolute Gasteiger partial charge is 0.493 e. The Balaban J connectivity index is 3.05. The molecule has 0 heterocycles. The van der Waals surface area contributed by atoms with Crippen molar-refractivity contribution in [2.45, 2.75) is 19.6 Å². The van der Waals surface area contributed by atoms with Gasteiger partial charge in [0.2, 0.25) is 0 Å². The fourth-order valence-electron chi connectivity index (χ4n) is 1.50. The van der Waals surface area contributed by atoms with E-state index in [2.05, 4.69) is 10.1 Å². The third-order valence-electron chi connectivity index (χ3n) is 2.27. The number of methoxy groups -OCH3 is 1. The number of ether oxygens (including phenoxy) is 2. The second-order valence-electron chi connectivity index (χ2n) is 3.41. The van der Waals surface area contributed by atoms with Crippen molar-refractivity contribution in [2.75, 3.05) is 13.7 Å². The van der Waals surface area contributed by atoms with Crippen LogP contribution in [0.2, 0.25) is 0 Å². The van der Waals surface area contributed by atoms with Gasteiger partial charge >= 0.3 is 6.61 Å². The van der Waals surface area contributed by atoms with E-state index in [-0.39, 0.29) is 11.5 Å². The average molecular weight is 256 g/mol. The number of hydrogen-bond donors (Lipinski definition) is 1. The van der Waals surface area contributed by atoms with Crippen LogP contribution in [-0.4, -0.2) is 20.3 Å². The van der Waals surface area contributed by atoms with Gasteiger partial charge in [-0.25, -0.2) is 0 Å². The van der Waals surface area contributed by atoms with E-state index in [4.69, 9.17) is 10.00 Å². The average Bonchev–Trinajstić information content (AvgIpc) is 2.35. The van der Waals surface area contributed by atoms with E-state index in [0.29, 0.717) is 12.1 Å². The summed E-state index contributed by atoms with van der Waals surface area (Å²) in [4.78, 5) is 0. The zero-order valence-corrected chi connectivity index (χ0v) is 10.1. The van der Waals surface area contributed by atoms with Gasteiger partial charge in [-0.3, -0.25) is 5.32 Å². The Morgan fingerprint density at radius 1 is 1.39 bits per heavy atom. The highest BCUT2D eigenvalue weighted by molar-refractivity contribution is 5.44. The van der Waals surface area contributed by atoms with Gasteiger partial charge in [0.15, 0.2) is 11.5 Å². The van der Waals surface area contributed by atoms with E-state index in [9.17, 15) is 8.78 Å². The second kappa shape index (κ2) is 6.77. The highest BCUT2D eigenvalue weighted by atomic mass is 19.3. The maximum Gasteiger partial charge on any atom is 0.387 e. The van der Waals surface area contributed by atoms with Crippen LogP contribution in [0.1, 0.15) is 18.5 Å². The second-order valence-corrected chi connectivity index (χ2v) is 3.41. The quantitative estimate of drug-likeness (QED) is 0.849. The minimum Gasteiger partial charge on any atom is -0.493 e. The predicted octanol–water partition coefficient (Wildman–Crippen LogP) is 2.47. The molecule has 0 aliphatic rings. The number of halogens is 2. The zero-order chi connectivity index (χ0) is 13.5. The van der Waals surface area contributed by atoms with E-state index < -0.39 is 12.7 Å². The van der Waals surface area contributed by atoms with Gasteiger partial charge < -0.3 is 9.47 Å². The lowest BCUT2D eigenvalue weighted by Crippen LogP contribution is -2.19. The molecular weight excluding hydrogens is 242 g/mol. The Labute approximate surface area is 104 Å². The normalized spacial score (nSPS) is 12.0. The Kier molecular flexibility index (Phi) is 5.33. The summed E-state index contributed by atoms with van der Waals surface area (Å²) >= 11 is 0. The molecule has 1 atom stereocenters. The molecule has 18 heavy (non-hydrogen) atoms. The molecule has 0 fully saturated rings. The van der Waals surface area contributed by atoms with Crippen molar-refractivity contribution in [1.82, 2.24) is 5.32 Å². The molecule has 0 saturated carbocycles. The van der Waals surface area contributed by atoms with Crippen LogP contribution in [0.4, 0.5) is 8.78 Å². The van der Waals surface area contributed by atoms with Gasteiger partial charge in [0.05, 0.1) is 13.2 Å². The SMILES string of the molecule is CCNC(C#N)c1ccc(OC)c(OC(F)F)c1. The molecule has 0 spiro atoms. The van der Waals surface area contributed by atoms with E-state index in [1.54, 1.807) is 6.07 Å². The van der Waals surface area contributed by atoms with Gasteiger partial charge in [0.1, 0.15) is 6.04 Å². The molecule has 0 aliphatic carbocycles. The van der Waals surface area contributed by atoms with E-state index in [0.717, 1.165) is 0 Å². The van der Waals surface area contributed by atoms with Gasteiger partial charge in [0, 0.05) is 0 Å². The van der Waals surface area contributed by atoms with Crippen LogP contribution in [0.15, 0.2) is 18.2 Å². The Morgan fingerprint density at radius 2 is 2.11 bits per heavy atom. The predicted molar refractivity (Wildman–Crippen MR) is 61.7 cm³/mol. The molecule has 1 aromatic rings. The Morgan fingerprint density at radius 3 is 2.61 bits per heavy atom.